The van der Waals surface area contributed by atoms with E-state index >= 15 is 0 Å². The highest BCUT2D eigenvalue weighted by atomic mass is 16.5. The first-order chi connectivity index (χ1) is 10.3. The summed E-state index contributed by atoms with van der Waals surface area (Å²) in [5.41, 5.74) is 0.916. The first-order valence-corrected chi connectivity index (χ1v) is 6.72. The maximum Gasteiger partial charge on any atom is 0.227 e. The van der Waals surface area contributed by atoms with Crippen molar-refractivity contribution >= 4 is 10.8 Å². The Morgan fingerprint density at radius 2 is 1.90 bits per heavy atom. The van der Waals surface area contributed by atoms with Gasteiger partial charge in [0, 0.05) is 18.2 Å². The van der Waals surface area contributed by atoms with Crippen molar-refractivity contribution in [1.82, 2.24) is 4.98 Å². The minimum atomic E-state index is 0.0597. The van der Waals surface area contributed by atoms with Gasteiger partial charge < -0.3 is 14.9 Å². The van der Waals surface area contributed by atoms with Gasteiger partial charge in [0.15, 0.2) is 0 Å². The number of nitrogens with zero attached hydrogens (tertiary/aromatic N) is 1. The van der Waals surface area contributed by atoms with E-state index in [4.69, 9.17) is 9.84 Å². The van der Waals surface area contributed by atoms with Crippen LogP contribution >= 0.6 is 0 Å². The van der Waals surface area contributed by atoms with Gasteiger partial charge >= 0.3 is 0 Å². The summed E-state index contributed by atoms with van der Waals surface area (Å²) >= 11 is 0. The number of benzene rings is 2. The van der Waals surface area contributed by atoms with Crippen LogP contribution in [-0.2, 0) is 6.42 Å². The van der Waals surface area contributed by atoms with Crippen LogP contribution in [-0.4, -0.2) is 21.8 Å². The molecule has 1 heterocycles. The third-order valence-corrected chi connectivity index (χ3v) is 3.27. The molecule has 0 unspecified atom stereocenters. The van der Waals surface area contributed by atoms with Crippen molar-refractivity contribution in [3.63, 3.8) is 0 Å². The van der Waals surface area contributed by atoms with Crippen LogP contribution in [0.15, 0.2) is 54.7 Å². The summed E-state index contributed by atoms with van der Waals surface area (Å²) in [7, 11) is 0. The Balaban J connectivity index is 2.04. The lowest BCUT2D eigenvalue weighted by Gasteiger charge is -2.11. The third kappa shape index (κ3) is 2.80. The molecule has 3 rings (SSSR count). The molecule has 0 aliphatic rings. The maximum absolute atomic E-state index is 9.64. The van der Waals surface area contributed by atoms with Crippen LogP contribution in [0, 0.1) is 0 Å². The quantitative estimate of drug-likeness (QED) is 0.770. The molecule has 0 aliphatic carbocycles. The number of aromatic nitrogens is 1. The first kappa shape index (κ1) is 13.4. The zero-order valence-corrected chi connectivity index (χ0v) is 11.4. The minimum absolute atomic E-state index is 0.0597. The van der Waals surface area contributed by atoms with E-state index in [1.54, 1.807) is 18.3 Å². The number of aliphatic hydroxyl groups is 1. The van der Waals surface area contributed by atoms with E-state index in [0.29, 0.717) is 18.1 Å². The molecular formula is C17H15NO3. The number of pyridine rings is 1. The van der Waals surface area contributed by atoms with Crippen molar-refractivity contribution in [3.05, 3.63) is 60.3 Å². The number of hydrogen-bond acceptors (Lipinski definition) is 4. The van der Waals surface area contributed by atoms with Crippen LogP contribution in [0.5, 0.6) is 17.4 Å². The van der Waals surface area contributed by atoms with Crippen molar-refractivity contribution < 1.29 is 14.9 Å². The minimum Gasteiger partial charge on any atom is -0.508 e. The van der Waals surface area contributed by atoms with Crippen molar-refractivity contribution in [2.75, 3.05) is 6.61 Å². The van der Waals surface area contributed by atoms with Crippen LogP contribution in [0.4, 0.5) is 0 Å². The third-order valence-electron chi connectivity index (χ3n) is 3.27. The van der Waals surface area contributed by atoms with E-state index in [-0.39, 0.29) is 12.4 Å². The molecule has 0 radical (unpaired) electrons. The van der Waals surface area contributed by atoms with E-state index in [1.807, 2.05) is 36.4 Å². The molecular weight excluding hydrogens is 266 g/mol. The Kier molecular flexibility index (Phi) is 3.71. The highest BCUT2D eigenvalue weighted by Crippen LogP contribution is 2.31. The van der Waals surface area contributed by atoms with Crippen LogP contribution < -0.4 is 4.74 Å². The number of aliphatic hydroxyl groups excluding tert-OH is 1. The summed E-state index contributed by atoms with van der Waals surface area (Å²) in [5, 5.41) is 20.4. The number of phenolic OH excluding ortho intramolecular Hbond substituents is 1. The van der Waals surface area contributed by atoms with Crippen LogP contribution in [0.1, 0.15) is 5.56 Å². The van der Waals surface area contributed by atoms with Gasteiger partial charge in [-0.05, 0) is 41.6 Å². The molecule has 2 aromatic carbocycles. The van der Waals surface area contributed by atoms with E-state index in [0.717, 1.165) is 16.3 Å². The standard InChI is InChI=1S/C17H15NO3/c19-10-8-13-3-1-2-4-16(13)21-17-15-11-14(20)6-5-12(15)7-9-18-17/h1-7,9,11,19-20H,8,10H2. The molecule has 3 aromatic rings. The lowest BCUT2D eigenvalue weighted by atomic mass is 10.1. The second-order valence-corrected chi connectivity index (χ2v) is 4.70. The second-order valence-electron chi connectivity index (χ2n) is 4.70. The zero-order valence-electron chi connectivity index (χ0n) is 11.4. The number of hydrogen-bond donors (Lipinski definition) is 2. The topological polar surface area (TPSA) is 62.6 Å². The summed E-state index contributed by atoms with van der Waals surface area (Å²) in [4.78, 5) is 4.25. The monoisotopic (exact) mass is 281 g/mol. The van der Waals surface area contributed by atoms with Crippen LogP contribution in [0.25, 0.3) is 10.8 Å². The largest absolute Gasteiger partial charge is 0.508 e. The highest BCUT2D eigenvalue weighted by molar-refractivity contribution is 5.88. The van der Waals surface area contributed by atoms with E-state index in [2.05, 4.69) is 4.98 Å². The fraction of sp³-hybridized carbons (Fsp3) is 0.118. The van der Waals surface area contributed by atoms with Gasteiger partial charge in [-0.15, -0.1) is 0 Å². The summed E-state index contributed by atoms with van der Waals surface area (Å²) in [6.45, 7) is 0.0597. The molecule has 4 nitrogen and oxygen atoms in total. The summed E-state index contributed by atoms with van der Waals surface area (Å²) in [6, 6.07) is 14.5. The molecule has 0 spiro atoms. The molecule has 2 N–H and O–H groups in total. The highest BCUT2D eigenvalue weighted by Gasteiger charge is 2.09. The smallest absolute Gasteiger partial charge is 0.227 e. The Morgan fingerprint density at radius 3 is 2.76 bits per heavy atom. The first-order valence-electron chi connectivity index (χ1n) is 6.72. The molecule has 0 saturated carbocycles. The molecule has 0 amide bonds. The summed E-state index contributed by atoms with van der Waals surface area (Å²) in [5.74, 6) is 1.27. The molecule has 1 aromatic heterocycles. The molecule has 0 atom stereocenters. The average Bonchev–Trinajstić information content (AvgIpc) is 2.50. The zero-order chi connectivity index (χ0) is 14.7. The molecule has 4 heteroatoms. The Bertz CT molecular complexity index is 771. The lowest BCUT2D eigenvalue weighted by molar-refractivity contribution is 0.297. The van der Waals surface area contributed by atoms with Gasteiger partial charge in [-0.2, -0.15) is 0 Å². The van der Waals surface area contributed by atoms with E-state index in [1.165, 1.54) is 0 Å². The molecule has 106 valence electrons. The van der Waals surface area contributed by atoms with Crippen molar-refractivity contribution in [3.8, 4) is 17.4 Å². The van der Waals surface area contributed by atoms with Crippen molar-refractivity contribution in [2.45, 2.75) is 6.42 Å². The van der Waals surface area contributed by atoms with E-state index in [9.17, 15) is 5.11 Å². The van der Waals surface area contributed by atoms with Crippen LogP contribution in [0.3, 0.4) is 0 Å². The Hall–Kier alpha value is -2.59. The van der Waals surface area contributed by atoms with Crippen LogP contribution in [0.2, 0.25) is 0 Å². The number of ether oxygens (including phenoxy) is 1. The molecule has 21 heavy (non-hydrogen) atoms. The molecule has 0 aliphatic heterocycles. The average molecular weight is 281 g/mol. The van der Waals surface area contributed by atoms with Gasteiger partial charge in [0.05, 0.1) is 0 Å². The van der Waals surface area contributed by atoms with Gasteiger partial charge in [0.2, 0.25) is 5.88 Å². The van der Waals surface area contributed by atoms with Gasteiger partial charge in [-0.3, -0.25) is 0 Å². The van der Waals surface area contributed by atoms with Crippen molar-refractivity contribution in [1.29, 1.82) is 0 Å². The second kappa shape index (κ2) is 5.81. The van der Waals surface area contributed by atoms with Crippen molar-refractivity contribution in [2.24, 2.45) is 0 Å². The number of fused-ring (bicyclic) bond motifs is 1. The molecule has 0 fully saturated rings. The predicted molar refractivity (Wildman–Crippen MR) is 80.7 cm³/mol. The molecule has 0 bridgehead atoms. The van der Waals surface area contributed by atoms with Gasteiger partial charge in [-0.1, -0.05) is 24.3 Å². The summed E-state index contributed by atoms with van der Waals surface area (Å²) < 4.78 is 5.90. The maximum atomic E-state index is 9.64. The predicted octanol–water partition coefficient (Wildman–Crippen LogP) is 3.27. The van der Waals surface area contributed by atoms with Gasteiger partial charge in [0.25, 0.3) is 0 Å². The SMILES string of the molecule is OCCc1ccccc1Oc1nccc2ccc(O)cc12. The summed E-state index contributed by atoms with van der Waals surface area (Å²) in [6.07, 6.45) is 2.19. The number of aromatic hydroxyl groups is 1. The number of phenols is 1. The van der Waals surface area contributed by atoms with E-state index < -0.39 is 0 Å². The van der Waals surface area contributed by atoms with Gasteiger partial charge in [0.1, 0.15) is 11.5 Å². The normalized spacial score (nSPS) is 10.7. The molecule has 0 saturated heterocycles. The van der Waals surface area contributed by atoms with Gasteiger partial charge in [-0.25, -0.2) is 4.98 Å². The fourth-order valence-electron chi connectivity index (χ4n) is 2.25. The lowest BCUT2D eigenvalue weighted by Crippen LogP contribution is -1.96. The Morgan fingerprint density at radius 1 is 1.05 bits per heavy atom. The number of rotatable bonds is 4. The Labute approximate surface area is 122 Å². The number of para-hydroxylation sites is 1. The fourth-order valence-corrected chi connectivity index (χ4v) is 2.25.